The monoisotopic (exact) mass is 301 g/mol. The largest absolute Gasteiger partial charge is 0.493 e. The SMILES string of the molecule is COc1ccc([C@H]2CCCN2Cc2ccnn2C)cc1OC. The molecule has 0 amide bonds. The van der Waals surface area contributed by atoms with Crippen molar-refractivity contribution in [3.8, 4) is 11.5 Å². The van der Waals surface area contributed by atoms with Gasteiger partial charge in [-0.1, -0.05) is 6.07 Å². The Morgan fingerprint density at radius 3 is 2.68 bits per heavy atom. The van der Waals surface area contributed by atoms with Gasteiger partial charge in [0.15, 0.2) is 11.5 Å². The molecule has 0 aliphatic carbocycles. The number of benzene rings is 1. The maximum absolute atomic E-state index is 5.44. The number of methoxy groups -OCH3 is 2. The second kappa shape index (κ2) is 6.40. The van der Waals surface area contributed by atoms with Gasteiger partial charge in [-0.3, -0.25) is 9.58 Å². The minimum Gasteiger partial charge on any atom is -0.493 e. The zero-order valence-corrected chi connectivity index (χ0v) is 13.5. The normalized spacial score (nSPS) is 18.6. The summed E-state index contributed by atoms with van der Waals surface area (Å²) in [5.41, 5.74) is 2.53. The first-order chi connectivity index (χ1) is 10.7. The van der Waals surface area contributed by atoms with Crippen molar-refractivity contribution in [3.63, 3.8) is 0 Å². The quantitative estimate of drug-likeness (QED) is 0.851. The molecular weight excluding hydrogens is 278 g/mol. The molecule has 0 spiro atoms. The highest BCUT2D eigenvalue weighted by Crippen LogP contribution is 2.37. The van der Waals surface area contributed by atoms with Gasteiger partial charge in [0, 0.05) is 25.8 Å². The van der Waals surface area contributed by atoms with Crippen LogP contribution in [0.15, 0.2) is 30.5 Å². The second-order valence-corrected chi connectivity index (χ2v) is 5.69. The molecule has 0 radical (unpaired) electrons. The lowest BCUT2D eigenvalue weighted by atomic mass is 10.0. The minimum absolute atomic E-state index is 0.426. The number of hydrogen-bond donors (Lipinski definition) is 0. The van der Waals surface area contributed by atoms with Gasteiger partial charge >= 0.3 is 0 Å². The molecule has 0 unspecified atom stereocenters. The van der Waals surface area contributed by atoms with Crippen LogP contribution < -0.4 is 9.47 Å². The third-order valence-corrected chi connectivity index (χ3v) is 4.44. The van der Waals surface area contributed by atoms with Crippen molar-refractivity contribution in [3.05, 3.63) is 41.7 Å². The Hall–Kier alpha value is -2.01. The molecule has 1 saturated heterocycles. The van der Waals surface area contributed by atoms with E-state index in [0.717, 1.165) is 24.6 Å². The van der Waals surface area contributed by atoms with Gasteiger partial charge in [0.1, 0.15) is 0 Å². The van der Waals surface area contributed by atoms with Gasteiger partial charge < -0.3 is 9.47 Å². The Kier molecular flexibility index (Phi) is 4.34. The molecule has 1 aliphatic rings. The summed E-state index contributed by atoms with van der Waals surface area (Å²) in [6.07, 6.45) is 4.25. The average molecular weight is 301 g/mol. The Balaban J connectivity index is 1.82. The molecule has 5 heteroatoms. The van der Waals surface area contributed by atoms with E-state index in [2.05, 4.69) is 28.2 Å². The molecule has 3 rings (SSSR count). The van der Waals surface area contributed by atoms with Crippen LogP contribution >= 0.6 is 0 Å². The Bertz CT molecular complexity index is 639. The molecule has 5 nitrogen and oxygen atoms in total. The summed E-state index contributed by atoms with van der Waals surface area (Å²) in [5.74, 6) is 1.58. The fourth-order valence-corrected chi connectivity index (χ4v) is 3.22. The number of rotatable bonds is 5. The maximum atomic E-state index is 5.44. The molecule has 2 aromatic rings. The Labute approximate surface area is 131 Å². The molecule has 1 aromatic heterocycles. The molecule has 0 saturated carbocycles. The van der Waals surface area contributed by atoms with E-state index in [-0.39, 0.29) is 0 Å². The van der Waals surface area contributed by atoms with Gasteiger partial charge in [0.2, 0.25) is 0 Å². The Morgan fingerprint density at radius 2 is 2.00 bits per heavy atom. The molecular formula is C17H23N3O2. The van der Waals surface area contributed by atoms with Crippen molar-refractivity contribution in [2.45, 2.75) is 25.4 Å². The standard InChI is InChI=1S/C17H23N3O2/c1-19-14(8-9-18-19)12-20-10-4-5-15(20)13-6-7-16(21-2)17(11-13)22-3/h6-9,11,15H,4-5,10,12H2,1-3H3/t15-/m1/s1. The lowest BCUT2D eigenvalue weighted by Gasteiger charge is -2.25. The number of hydrogen-bond acceptors (Lipinski definition) is 4. The second-order valence-electron chi connectivity index (χ2n) is 5.69. The van der Waals surface area contributed by atoms with Crippen molar-refractivity contribution in [2.75, 3.05) is 20.8 Å². The number of likely N-dealkylation sites (tertiary alicyclic amines) is 1. The number of nitrogens with zero attached hydrogens (tertiary/aromatic N) is 3. The van der Waals surface area contributed by atoms with E-state index in [9.17, 15) is 0 Å². The van der Waals surface area contributed by atoms with E-state index in [1.54, 1.807) is 14.2 Å². The molecule has 2 heterocycles. The van der Waals surface area contributed by atoms with Gasteiger partial charge in [-0.25, -0.2) is 0 Å². The first kappa shape index (κ1) is 14.9. The van der Waals surface area contributed by atoms with Crippen LogP contribution in [0.4, 0.5) is 0 Å². The summed E-state index contributed by atoms with van der Waals surface area (Å²) in [7, 11) is 5.35. The van der Waals surface area contributed by atoms with Crippen molar-refractivity contribution >= 4 is 0 Å². The summed E-state index contributed by atoms with van der Waals surface area (Å²) in [4.78, 5) is 2.51. The molecule has 22 heavy (non-hydrogen) atoms. The highest BCUT2D eigenvalue weighted by atomic mass is 16.5. The van der Waals surface area contributed by atoms with E-state index in [1.165, 1.54) is 24.1 Å². The van der Waals surface area contributed by atoms with Gasteiger partial charge in [-0.2, -0.15) is 5.10 Å². The van der Waals surface area contributed by atoms with Gasteiger partial charge in [0.25, 0.3) is 0 Å². The molecule has 1 atom stereocenters. The Morgan fingerprint density at radius 1 is 1.18 bits per heavy atom. The first-order valence-electron chi connectivity index (χ1n) is 7.65. The number of aromatic nitrogens is 2. The fraction of sp³-hybridized carbons (Fsp3) is 0.471. The van der Waals surface area contributed by atoms with Crippen molar-refractivity contribution in [1.82, 2.24) is 14.7 Å². The van der Waals surface area contributed by atoms with Crippen LogP contribution in [0.2, 0.25) is 0 Å². The summed E-state index contributed by atoms with van der Waals surface area (Å²) in [5, 5.41) is 4.26. The van der Waals surface area contributed by atoms with Gasteiger partial charge in [-0.05, 0) is 43.1 Å². The first-order valence-corrected chi connectivity index (χ1v) is 7.65. The fourth-order valence-electron chi connectivity index (χ4n) is 3.22. The van der Waals surface area contributed by atoms with E-state index >= 15 is 0 Å². The average Bonchev–Trinajstić information content (AvgIpc) is 3.16. The third-order valence-electron chi connectivity index (χ3n) is 4.44. The molecule has 1 aromatic carbocycles. The molecule has 1 fully saturated rings. The molecule has 1 aliphatic heterocycles. The zero-order chi connectivity index (χ0) is 15.5. The van der Waals surface area contributed by atoms with Gasteiger partial charge in [0.05, 0.1) is 19.9 Å². The van der Waals surface area contributed by atoms with Crippen LogP contribution in [0.1, 0.15) is 30.1 Å². The van der Waals surface area contributed by atoms with Crippen molar-refractivity contribution < 1.29 is 9.47 Å². The van der Waals surface area contributed by atoms with Crippen molar-refractivity contribution in [1.29, 1.82) is 0 Å². The highest BCUT2D eigenvalue weighted by Gasteiger charge is 2.27. The summed E-state index contributed by atoms with van der Waals surface area (Å²) >= 11 is 0. The number of ether oxygens (including phenoxy) is 2. The van der Waals surface area contributed by atoms with Crippen LogP contribution in [-0.4, -0.2) is 35.4 Å². The van der Waals surface area contributed by atoms with Crippen LogP contribution in [0.3, 0.4) is 0 Å². The minimum atomic E-state index is 0.426. The van der Waals surface area contributed by atoms with Crippen LogP contribution in [0, 0.1) is 0 Å². The lowest BCUT2D eigenvalue weighted by molar-refractivity contribution is 0.241. The van der Waals surface area contributed by atoms with E-state index in [0.29, 0.717) is 6.04 Å². The van der Waals surface area contributed by atoms with E-state index in [4.69, 9.17) is 9.47 Å². The van der Waals surface area contributed by atoms with Crippen LogP contribution in [-0.2, 0) is 13.6 Å². The lowest BCUT2D eigenvalue weighted by Crippen LogP contribution is -2.24. The zero-order valence-electron chi connectivity index (χ0n) is 13.5. The highest BCUT2D eigenvalue weighted by molar-refractivity contribution is 5.44. The predicted molar refractivity (Wildman–Crippen MR) is 85.1 cm³/mol. The summed E-state index contributed by atoms with van der Waals surface area (Å²) in [6.45, 7) is 2.04. The smallest absolute Gasteiger partial charge is 0.161 e. The molecule has 0 bridgehead atoms. The van der Waals surface area contributed by atoms with E-state index < -0.39 is 0 Å². The predicted octanol–water partition coefficient (Wildman–Crippen LogP) is 2.77. The van der Waals surface area contributed by atoms with Crippen LogP contribution in [0.25, 0.3) is 0 Å². The van der Waals surface area contributed by atoms with Crippen molar-refractivity contribution in [2.24, 2.45) is 7.05 Å². The molecule has 118 valence electrons. The summed E-state index contributed by atoms with van der Waals surface area (Å²) in [6, 6.07) is 8.76. The third kappa shape index (κ3) is 2.81. The summed E-state index contributed by atoms with van der Waals surface area (Å²) < 4.78 is 12.7. The van der Waals surface area contributed by atoms with E-state index in [1.807, 2.05) is 24.0 Å². The topological polar surface area (TPSA) is 39.5 Å². The number of aryl methyl sites for hydroxylation is 1. The maximum Gasteiger partial charge on any atom is 0.161 e. The van der Waals surface area contributed by atoms with Gasteiger partial charge in [-0.15, -0.1) is 0 Å². The molecule has 0 N–H and O–H groups in total. The van der Waals surface area contributed by atoms with Crippen LogP contribution in [0.5, 0.6) is 11.5 Å².